The molecule has 0 spiro atoms. The summed E-state index contributed by atoms with van der Waals surface area (Å²) in [7, 11) is 0. The van der Waals surface area contributed by atoms with Crippen molar-refractivity contribution in [3.05, 3.63) is 78.4 Å². The molecule has 0 radical (unpaired) electrons. The summed E-state index contributed by atoms with van der Waals surface area (Å²) in [5.41, 5.74) is 4.61. The van der Waals surface area contributed by atoms with Crippen molar-refractivity contribution in [1.29, 1.82) is 0 Å². The number of piperidine rings is 1. The maximum Gasteiger partial charge on any atom is 0.155 e. The minimum atomic E-state index is 0.745. The van der Waals surface area contributed by atoms with Crippen LogP contribution >= 0.6 is 0 Å². The lowest BCUT2D eigenvalue weighted by molar-refractivity contribution is 0.576. The van der Waals surface area contributed by atoms with Crippen LogP contribution in [0.2, 0.25) is 0 Å². The van der Waals surface area contributed by atoms with Crippen LogP contribution in [0.1, 0.15) is 19.3 Å². The normalized spacial score (nSPS) is 15.2. The summed E-state index contributed by atoms with van der Waals surface area (Å²) in [6.07, 6.45) is 7.32. The predicted molar refractivity (Wildman–Crippen MR) is 124 cm³/mol. The molecule has 0 atom stereocenters. The van der Waals surface area contributed by atoms with Gasteiger partial charge in [0.2, 0.25) is 0 Å². The van der Waals surface area contributed by atoms with Crippen LogP contribution in [-0.4, -0.2) is 23.1 Å². The van der Waals surface area contributed by atoms with Crippen molar-refractivity contribution in [2.24, 2.45) is 4.99 Å². The van der Waals surface area contributed by atoms with Crippen LogP contribution in [0, 0.1) is 0 Å². The second-order valence-electron chi connectivity index (χ2n) is 8.02. The van der Waals surface area contributed by atoms with E-state index in [2.05, 4.69) is 40.2 Å². The zero-order valence-electron chi connectivity index (χ0n) is 17.2. The van der Waals surface area contributed by atoms with Gasteiger partial charge in [0.25, 0.3) is 0 Å². The maximum atomic E-state index is 6.40. The molecule has 2 aromatic carbocycles. The first-order chi connectivity index (χ1) is 15.3. The molecule has 3 aliphatic rings. The third kappa shape index (κ3) is 3.32. The van der Waals surface area contributed by atoms with Crippen molar-refractivity contribution in [2.45, 2.75) is 19.3 Å². The fourth-order valence-corrected chi connectivity index (χ4v) is 4.42. The standard InChI is InChI=1S/C26H22N4O/c1-4-14-30(15-5-1)19-8-9-22-24(16-19)31-25-17-23(28-18-10-12-27-13-11-18)20-6-2-3-7-21(20)26(25)29-22/h2-3,6-13,16-17H,1,4-5,14-15H2. The lowest BCUT2D eigenvalue weighted by atomic mass is 10.0. The first kappa shape index (κ1) is 18.1. The fourth-order valence-electron chi connectivity index (χ4n) is 4.42. The van der Waals surface area contributed by atoms with Crippen molar-refractivity contribution >= 4 is 33.2 Å². The number of hydrogen-bond donors (Lipinski definition) is 0. The van der Waals surface area contributed by atoms with Gasteiger partial charge < -0.3 is 9.32 Å². The van der Waals surface area contributed by atoms with Gasteiger partial charge in [-0.15, -0.1) is 0 Å². The van der Waals surface area contributed by atoms with E-state index in [9.17, 15) is 0 Å². The zero-order valence-corrected chi connectivity index (χ0v) is 17.2. The molecule has 0 N–H and O–H groups in total. The molecule has 5 nitrogen and oxygen atoms in total. The summed E-state index contributed by atoms with van der Waals surface area (Å²) in [6.45, 7) is 2.21. The van der Waals surface area contributed by atoms with Gasteiger partial charge in [-0.2, -0.15) is 0 Å². The van der Waals surface area contributed by atoms with Gasteiger partial charge in [-0.1, -0.05) is 24.3 Å². The molecular weight excluding hydrogens is 384 g/mol. The van der Waals surface area contributed by atoms with Crippen LogP contribution in [0.3, 0.4) is 0 Å². The molecule has 1 aliphatic carbocycles. The third-order valence-corrected chi connectivity index (χ3v) is 5.99. The second kappa shape index (κ2) is 7.51. The number of pyridine rings is 1. The first-order valence-corrected chi connectivity index (χ1v) is 10.8. The van der Waals surface area contributed by atoms with E-state index in [-0.39, 0.29) is 0 Å². The lowest BCUT2D eigenvalue weighted by Crippen LogP contribution is -2.29. The molecule has 3 aromatic rings. The number of benzene rings is 3. The summed E-state index contributed by atoms with van der Waals surface area (Å²) >= 11 is 0. The summed E-state index contributed by atoms with van der Waals surface area (Å²) < 4.78 is 6.40. The van der Waals surface area contributed by atoms with E-state index in [1.807, 2.05) is 30.3 Å². The van der Waals surface area contributed by atoms with Gasteiger partial charge in [-0.25, -0.2) is 9.98 Å². The molecule has 1 fully saturated rings. The van der Waals surface area contributed by atoms with Crippen LogP contribution in [0.25, 0.3) is 33.3 Å². The van der Waals surface area contributed by atoms with Gasteiger partial charge >= 0.3 is 0 Å². The van der Waals surface area contributed by atoms with Gasteiger partial charge in [-0.3, -0.25) is 4.98 Å². The highest BCUT2D eigenvalue weighted by Gasteiger charge is 2.17. The van der Waals surface area contributed by atoms with E-state index in [4.69, 9.17) is 14.4 Å². The van der Waals surface area contributed by atoms with Gasteiger partial charge in [0.05, 0.1) is 11.0 Å². The Morgan fingerprint density at radius 2 is 1.65 bits per heavy atom. The van der Waals surface area contributed by atoms with Crippen LogP contribution in [0.5, 0.6) is 0 Å². The molecule has 6 rings (SSSR count). The Balaban J connectivity index is 1.58. The third-order valence-electron chi connectivity index (χ3n) is 5.99. The summed E-state index contributed by atoms with van der Waals surface area (Å²) in [5.74, 6) is 0.745. The Kier molecular flexibility index (Phi) is 4.38. The topological polar surface area (TPSA) is 54.5 Å². The molecule has 0 saturated carbocycles. The quantitative estimate of drug-likeness (QED) is 0.279. The van der Waals surface area contributed by atoms with E-state index in [0.29, 0.717) is 0 Å². The van der Waals surface area contributed by atoms with Crippen molar-refractivity contribution in [1.82, 2.24) is 9.97 Å². The average molecular weight is 406 g/mol. The summed E-state index contributed by atoms with van der Waals surface area (Å²) in [4.78, 5) is 16.4. The van der Waals surface area contributed by atoms with E-state index < -0.39 is 0 Å². The average Bonchev–Trinajstić information content (AvgIpc) is 2.84. The van der Waals surface area contributed by atoms with Crippen molar-refractivity contribution < 1.29 is 4.42 Å². The Morgan fingerprint density at radius 1 is 0.839 bits per heavy atom. The Bertz CT molecular complexity index is 1420. The smallest absolute Gasteiger partial charge is 0.155 e. The van der Waals surface area contributed by atoms with Crippen molar-refractivity contribution in [3.8, 4) is 11.5 Å². The summed E-state index contributed by atoms with van der Waals surface area (Å²) in [5, 5.41) is 2.96. The molecule has 0 unspecified atom stereocenters. The Morgan fingerprint density at radius 3 is 2.48 bits per heavy atom. The highest BCUT2D eigenvalue weighted by Crippen LogP contribution is 2.32. The van der Waals surface area contributed by atoms with Gasteiger partial charge in [0, 0.05) is 54.1 Å². The van der Waals surface area contributed by atoms with Crippen LogP contribution in [0.4, 0.5) is 11.4 Å². The molecule has 2 aliphatic heterocycles. The van der Waals surface area contributed by atoms with Crippen LogP contribution in [-0.2, 0) is 0 Å². The van der Waals surface area contributed by atoms with Crippen LogP contribution in [0.15, 0.2) is 82.5 Å². The number of nitrogens with zero attached hydrogens (tertiary/aromatic N) is 4. The van der Waals surface area contributed by atoms with Gasteiger partial charge in [-0.05, 0) is 43.5 Å². The minimum Gasteiger partial charge on any atom is -0.453 e. The van der Waals surface area contributed by atoms with E-state index >= 15 is 0 Å². The molecule has 5 heteroatoms. The lowest BCUT2D eigenvalue weighted by Gasteiger charge is -2.28. The molecule has 1 saturated heterocycles. The van der Waals surface area contributed by atoms with Gasteiger partial charge in [0.1, 0.15) is 11.2 Å². The summed E-state index contributed by atoms with van der Waals surface area (Å²) in [6, 6.07) is 20.4. The monoisotopic (exact) mass is 406 g/mol. The molecule has 0 bridgehead atoms. The second-order valence-corrected chi connectivity index (χ2v) is 8.02. The van der Waals surface area contributed by atoms with Crippen LogP contribution < -0.4 is 10.3 Å². The minimum absolute atomic E-state index is 0.745. The SMILES string of the molecule is c1ccc2c(=Nc3ccncc3)cc3oc4cc(N5CCCCC5)ccc4nc-3c2c1. The maximum absolute atomic E-state index is 6.40. The fraction of sp³-hybridized carbons (Fsp3) is 0.192. The zero-order chi connectivity index (χ0) is 20.6. The largest absolute Gasteiger partial charge is 0.453 e. The highest BCUT2D eigenvalue weighted by molar-refractivity contribution is 5.96. The Labute approximate surface area is 180 Å². The first-order valence-electron chi connectivity index (χ1n) is 10.8. The van der Waals surface area contributed by atoms with E-state index in [0.717, 1.165) is 57.5 Å². The molecule has 31 heavy (non-hydrogen) atoms. The number of anilines is 1. The number of hydrogen-bond acceptors (Lipinski definition) is 5. The highest BCUT2D eigenvalue weighted by atomic mass is 16.3. The van der Waals surface area contributed by atoms with Crippen molar-refractivity contribution in [2.75, 3.05) is 18.0 Å². The molecule has 3 heterocycles. The molecular formula is C26H22N4O. The van der Waals surface area contributed by atoms with E-state index in [1.165, 1.54) is 24.9 Å². The number of rotatable bonds is 2. The van der Waals surface area contributed by atoms with Gasteiger partial charge in [0.15, 0.2) is 11.3 Å². The van der Waals surface area contributed by atoms with Crippen molar-refractivity contribution in [3.63, 3.8) is 0 Å². The Hall–Kier alpha value is -3.73. The number of aromatic nitrogens is 2. The molecule has 0 amide bonds. The number of fused-ring (bicyclic) bond motifs is 4. The predicted octanol–water partition coefficient (Wildman–Crippen LogP) is 5.70. The molecule has 152 valence electrons. The van der Waals surface area contributed by atoms with E-state index in [1.54, 1.807) is 12.4 Å². The molecule has 1 aromatic heterocycles.